The summed E-state index contributed by atoms with van der Waals surface area (Å²) in [6, 6.07) is 7.71. The Hall–Kier alpha value is -1.75. The van der Waals surface area contributed by atoms with Crippen LogP contribution in [0.1, 0.15) is 40.2 Å². The molecule has 2 N–H and O–H groups in total. The van der Waals surface area contributed by atoms with Crippen molar-refractivity contribution in [1.29, 1.82) is 0 Å². The first-order valence-electron chi connectivity index (χ1n) is 6.74. The molecule has 1 aromatic carbocycles. The summed E-state index contributed by atoms with van der Waals surface area (Å²) in [6.07, 6.45) is -0.329. The predicted octanol–water partition coefficient (Wildman–Crippen LogP) is 3.00. The number of hydrogen-bond acceptors (Lipinski definition) is 4. The lowest BCUT2D eigenvalue weighted by atomic mass is 10.2. The van der Waals surface area contributed by atoms with Crippen LogP contribution in [0.25, 0.3) is 0 Å². The van der Waals surface area contributed by atoms with Crippen molar-refractivity contribution >= 4 is 6.09 Å². The molecule has 0 heterocycles. The van der Waals surface area contributed by atoms with Crippen molar-refractivity contribution in [1.82, 2.24) is 10.9 Å². The largest absolute Gasteiger partial charge is 0.491 e. The van der Waals surface area contributed by atoms with E-state index in [4.69, 9.17) is 9.47 Å². The van der Waals surface area contributed by atoms with E-state index in [0.717, 1.165) is 11.3 Å². The van der Waals surface area contributed by atoms with Gasteiger partial charge in [0.2, 0.25) is 0 Å². The van der Waals surface area contributed by atoms with Crippen LogP contribution in [-0.4, -0.2) is 17.8 Å². The number of ether oxygens (including phenoxy) is 2. The summed E-state index contributed by atoms with van der Waals surface area (Å²) in [5.74, 6) is 0.837. The van der Waals surface area contributed by atoms with Crippen LogP contribution in [0.5, 0.6) is 5.75 Å². The molecule has 1 aromatic rings. The van der Waals surface area contributed by atoms with Gasteiger partial charge >= 0.3 is 6.09 Å². The second-order valence-corrected chi connectivity index (χ2v) is 5.79. The van der Waals surface area contributed by atoms with Gasteiger partial charge in [-0.15, -0.1) is 0 Å². The highest BCUT2D eigenvalue weighted by Crippen LogP contribution is 2.13. The summed E-state index contributed by atoms with van der Waals surface area (Å²) >= 11 is 0. The van der Waals surface area contributed by atoms with Crippen molar-refractivity contribution in [3.8, 4) is 5.75 Å². The zero-order valence-electron chi connectivity index (χ0n) is 12.8. The van der Waals surface area contributed by atoms with Crippen LogP contribution >= 0.6 is 0 Å². The van der Waals surface area contributed by atoms with E-state index in [0.29, 0.717) is 6.54 Å². The Kier molecular flexibility index (Phi) is 5.82. The van der Waals surface area contributed by atoms with Crippen molar-refractivity contribution in [3.05, 3.63) is 29.8 Å². The quantitative estimate of drug-likeness (QED) is 0.814. The van der Waals surface area contributed by atoms with E-state index in [1.54, 1.807) is 0 Å². The van der Waals surface area contributed by atoms with Gasteiger partial charge in [-0.2, -0.15) is 0 Å². The third kappa shape index (κ3) is 6.99. The average Bonchev–Trinajstić information content (AvgIpc) is 2.28. The molecule has 5 nitrogen and oxygen atoms in total. The van der Waals surface area contributed by atoms with Gasteiger partial charge in [-0.05, 0) is 52.3 Å². The molecule has 0 bridgehead atoms. The fraction of sp³-hybridized carbons (Fsp3) is 0.533. The molecule has 1 rings (SSSR count). The van der Waals surface area contributed by atoms with Gasteiger partial charge in [0.1, 0.15) is 11.4 Å². The molecule has 0 spiro atoms. The number of nitrogens with one attached hydrogen (secondary N) is 2. The number of hydrogen-bond donors (Lipinski definition) is 2. The third-order valence-corrected chi connectivity index (χ3v) is 2.18. The maximum Gasteiger partial charge on any atom is 0.422 e. The van der Waals surface area contributed by atoms with Gasteiger partial charge in [-0.1, -0.05) is 12.1 Å². The Morgan fingerprint density at radius 2 is 1.80 bits per heavy atom. The molecule has 0 saturated heterocycles. The summed E-state index contributed by atoms with van der Waals surface area (Å²) in [7, 11) is 0. The van der Waals surface area contributed by atoms with E-state index < -0.39 is 11.7 Å². The zero-order chi connectivity index (χ0) is 15.2. The van der Waals surface area contributed by atoms with Gasteiger partial charge in [-0.25, -0.2) is 10.2 Å². The van der Waals surface area contributed by atoms with E-state index >= 15 is 0 Å². The monoisotopic (exact) mass is 280 g/mol. The smallest absolute Gasteiger partial charge is 0.422 e. The van der Waals surface area contributed by atoms with Crippen molar-refractivity contribution in [2.45, 2.75) is 52.9 Å². The minimum atomic E-state index is -0.498. The molecule has 0 aliphatic rings. The van der Waals surface area contributed by atoms with Crippen LogP contribution in [-0.2, 0) is 11.3 Å². The van der Waals surface area contributed by atoms with Crippen molar-refractivity contribution in [3.63, 3.8) is 0 Å². The van der Waals surface area contributed by atoms with Gasteiger partial charge in [0.25, 0.3) is 0 Å². The van der Waals surface area contributed by atoms with Crippen LogP contribution in [0.15, 0.2) is 24.3 Å². The van der Waals surface area contributed by atoms with Crippen LogP contribution in [0, 0.1) is 0 Å². The zero-order valence-corrected chi connectivity index (χ0v) is 12.8. The van der Waals surface area contributed by atoms with Crippen molar-refractivity contribution in [2.75, 3.05) is 0 Å². The predicted molar refractivity (Wildman–Crippen MR) is 78.4 cm³/mol. The molecule has 0 atom stereocenters. The molecular formula is C15H24N2O3. The van der Waals surface area contributed by atoms with Crippen LogP contribution in [0.2, 0.25) is 0 Å². The standard InChI is InChI=1S/C15H24N2O3/c1-11(2)19-13-8-6-12(7-9-13)10-16-17-14(18)20-15(3,4)5/h6-9,11,16H,10H2,1-5H3,(H,17,18). The summed E-state index contributed by atoms with van der Waals surface area (Å²) in [5.41, 5.74) is 5.85. The van der Waals surface area contributed by atoms with Gasteiger partial charge < -0.3 is 9.47 Å². The van der Waals surface area contributed by atoms with Gasteiger partial charge in [0.05, 0.1) is 6.10 Å². The van der Waals surface area contributed by atoms with Crippen LogP contribution < -0.4 is 15.6 Å². The lowest BCUT2D eigenvalue weighted by Crippen LogP contribution is -2.40. The first-order valence-corrected chi connectivity index (χ1v) is 6.74. The molecule has 0 radical (unpaired) electrons. The molecule has 0 fully saturated rings. The summed E-state index contributed by atoms with van der Waals surface area (Å²) in [5, 5.41) is 0. The van der Waals surface area contributed by atoms with E-state index in [9.17, 15) is 4.79 Å². The van der Waals surface area contributed by atoms with Gasteiger partial charge in [0, 0.05) is 6.54 Å². The summed E-state index contributed by atoms with van der Waals surface area (Å²) in [6.45, 7) is 9.95. The summed E-state index contributed by atoms with van der Waals surface area (Å²) < 4.78 is 10.7. The number of amides is 1. The Balaban J connectivity index is 2.33. The second kappa shape index (κ2) is 7.14. The minimum absolute atomic E-state index is 0.160. The maximum atomic E-state index is 11.4. The Labute approximate surface area is 120 Å². The van der Waals surface area contributed by atoms with Gasteiger partial charge in [0.15, 0.2) is 0 Å². The molecule has 0 aromatic heterocycles. The van der Waals surface area contributed by atoms with Crippen LogP contribution in [0.3, 0.4) is 0 Å². The van der Waals surface area contributed by atoms with E-state index in [1.165, 1.54) is 0 Å². The first kappa shape index (κ1) is 16.3. The minimum Gasteiger partial charge on any atom is -0.491 e. The highest BCUT2D eigenvalue weighted by molar-refractivity contribution is 5.66. The number of benzene rings is 1. The topological polar surface area (TPSA) is 59.6 Å². The van der Waals surface area contributed by atoms with E-state index in [2.05, 4.69) is 10.9 Å². The van der Waals surface area contributed by atoms with E-state index in [-0.39, 0.29) is 6.10 Å². The fourth-order valence-electron chi connectivity index (χ4n) is 1.48. The fourth-order valence-corrected chi connectivity index (χ4v) is 1.48. The molecule has 112 valence electrons. The molecular weight excluding hydrogens is 256 g/mol. The normalized spacial score (nSPS) is 11.3. The van der Waals surface area contributed by atoms with E-state index in [1.807, 2.05) is 58.9 Å². The number of hydrazine groups is 1. The lowest BCUT2D eigenvalue weighted by molar-refractivity contribution is 0.0497. The Morgan fingerprint density at radius 1 is 1.20 bits per heavy atom. The summed E-state index contributed by atoms with van der Waals surface area (Å²) in [4.78, 5) is 11.4. The number of carbonyl (C=O) groups excluding carboxylic acids is 1. The van der Waals surface area contributed by atoms with Crippen molar-refractivity contribution < 1.29 is 14.3 Å². The Morgan fingerprint density at radius 3 is 2.30 bits per heavy atom. The Bertz CT molecular complexity index is 422. The first-order chi connectivity index (χ1) is 9.26. The SMILES string of the molecule is CC(C)Oc1ccc(CNNC(=O)OC(C)(C)C)cc1. The molecule has 0 aliphatic heterocycles. The molecule has 0 unspecified atom stereocenters. The van der Waals surface area contributed by atoms with Crippen molar-refractivity contribution in [2.24, 2.45) is 0 Å². The number of rotatable bonds is 5. The molecule has 1 amide bonds. The third-order valence-electron chi connectivity index (χ3n) is 2.18. The second-order valence-electron chi connectivity index (χ2n) is 5.79. The molecule has 0 saturated carbocycles. The highest BCUT2D eigenvalue weighted by atomic mass is 16.6. The maximum absolute atomic E-state index is 11.4. The number of carbonyl (C=O) groups is 1. The molecule has 5 heteroatoms. The van der Waals surface area contributed by atoms with Crippen LogP contribution in [0.4, 0.5) is 4.79 Å². The van der Waals surface area contributed by atoms with Gasteiger partial charge in [-0.3, -0.25) is 5.43 Å². The molecule has 0 aliphatic carbocycles. The lowest BCUT2D eigenvalue weighted by Gasteiger charge is -2.19. The average molecular weight is 280 g/mol. The highest BCUT2D eigenvalue weighted by Gasteiger charge is 2.15. The molecule has 20 heavy (non-hydrogen) atoms.